The van der Waals surface area contributed by atoms with Crippen molar-refractivity contribution in [3.63, 3.8) is 0 Å². The van der Waals surface area contributed by atoms with E-state index >= 15 is 0 Å². The molecular weight excluding hydrogens is 715 g/mol. The molecule has 2 saturated carbocycles. The van der Waals surface area contributed by atoms with Crippen LogP contribution in [0.4, 0.5) is 4.79 Å². The molecule has 0 saturated heterocycles. The number of nitrogens with zero attached hydrogens (tertiary/aromatic N) is 1. The predicted molar refractivity (Wildman–Crippen MR) is 195 cm³/mol. The Morgan fingerprint density at radius 2 is 1.31 bits per heavy atom. The van der Waals surface area contributed by atoms with Gasteiger partial charge in [0, 0.05) is 13.1 Å². The SMILES string of the molecule is CCN=C=O.CCNC(=O)OC1=C(c2c(Cl)cc(C)cc2OC)C(=O)OC12CCCC2.COc1cc(C)cc(Cl)c1C1=C(O)C2(CCCC2)OC1=O. The number of methoxy groups -OCH3 is 2. The minimum Gasteiger partial charge on any atom is -0.507 e. The molecule has 2 aromatic carbocycles. The zero-order valence-corrected chi connectivity index (χ0v) is 31.7. The van der Waals surface area contributed by atoms with Crippen molar-refractivity contribution < 1.29 is 48.0 Å². The molecule has 6 rings (SSSR count). The van der Waals surface area contributed by atoms with Crippen LogP contribution in [-0.4, -0.2) is 67.7 Å². The van der Waals surface area contributed by atoms with Crippen LogP contribution in [0.5, 0.6) is 11.5 Å². The zero-order valence-electron chi connectivity index (χ0n) is 30.2. The number of carbonyl (C=O) groups is 3. The molecule has 2 fully saturated rings. The number of halogens is 2. The summed E-state index contributed by atoms with van der Waals surface area (Å²) in [5.74, 6) is 0.0558. The fourth-order valence-electron chi connectivity index (χ4n) is 6.90. The highest BCUT2D eigenvalue weighted by atomic mass is 35.5. The van der Waals surface area contributed by atoms with Gasteiger partial charge in [-0.3, -0.25) is 0 Å². The monoisotopic (exact) mass is 758 g/mol. The van der Waals surface area contributed by atoms with Crippen LogP contribution in [-0.2, 0) is 28.6 Å². The number of carbonyl (C=O) groups excluding carboxylic acids is 4. The van der Waals surface area contributed by atoms with Crippen LogP contribution in [0.3, 0.4) is 0 Å². The summed E-state index contributed by atoms with van der Waals surface area (Å²) in [7, 11) is 3.02. The summed E-state index contributed by atoms with van der Waals surface area (Å²) in [4.78, 5) is 49.5. The number of esters is 2. The Morgan fingerprint density at radius 3 is 1.75 bits per heavy atom. The number of isocyanates is 1. The molecule has 1 amide bonds. The minimum atomic E-state index is -0.906. The first-order chi connectivity index (χ1) is 24.8. The van der Waals surface area contributed by atoms with E-state index in [1.165, 1.54) is 20.3 Å². The van der Waals surface area contributed by atoms with Crippen LogP contribution in [0.25, 0.3) is 11.1 Å². The van der Waals surface area contributed by atoms with E-state index in [-0.39, 0.29) is 22.7 Å². The maximum Gasteiger partial charge on any atom is 0.412 e. The van der Waals surface area contributed by atoms with E-state index in [9.17, 15) is 19.5 Å². The van der Waals surface area contributed by atoms with Crippen molar-refractivity contribution in [1.29, 1.82) is 0 Å². The molecule has 0 bridgehead atoms. The van der Waals surface area contributed by atoms with Gasteiger partial charge in [0.2, 0.25) is 6.08 Å². The van der Waals surface area contributed by atoms with Crippen LogP contribution in [0, 0.1) is 13.8 Å². The number of alkyl carbamates (subject to hydrolysis) is 1. The summed E-state index contributed by atoms with van der Waals surface area (Å²) in [6, 6.07) is 7.05. The van der Waals surface area contributed by atoms with Crippen LogP contribution < -0.4 is 14.8 Å². The zero-order chi connectivity index (χ0) is 38.2. The number of hydrogen-bond acceptors (Lipinski definition) is 11. The number of amides is 1. The number of aliphatic hydroxyl groups excluding tert-OH is 1. The molecule has 0 aromatic heterocycles. The molecule has 4 aliphatic rings. The number of hydrogen-bond donors (Lipinski definition) is 2. The first-order valence-corrected chi connectivity index (χ1v) is 17.9. The Morgan fingerprint density at radius 1 is 0.846 bits per heavy atom. The number of aryl methyl sites for hydroxylation is 2. The molecule has 2 aromatic rings. The number of ether oxygens (including phenoxy) is 5. The standard InChI is InChI=1S/C19H22ClNO5.C16H17ClO4.C3H5NO/c1-4-21-18(23)25-16-15(17(22)26-19(16)7-5-6-8-19)14-12(20)9-11(2)10-13(14)24-3;1-9-7-10(17)12(11(8-9)20-2)13-14(18)16(21-15(13)19)5-3-4-6-16;1-2-4-3-5/h9-10H,4-8H2,1-3H3,(H,21,23);7-8,18H,3-6H2,1-2H3;2H2,1H3. The second-order valence-corrected chi connectivity index (χ2v) is 13.6. The van der Waals surface area contributed by atoms with Crippen LogP contribution in [0.1, 0.15) is 87.5 Å². The van der Waals surface area contributed by atoms with Gasteiger partial charge in [-0.05, 0) is 114 Å². The first kappa shape index (κ1) is 40.3. The fourth-order valence-corrected chi connectivity index (χ4v) is 7.62. The maximum absolute atomic E-state index is 12.8. The number of aliphatic hydroxyl groups is 1. The third-order valence-electron chi connectivity index (χ3n) is 9.19. The lowest BCUT2D eigenvalue weighted by atomic mass is 9.94. The van der Waals surface area contributed by atoms with E-state index in [0.717, 1.165) is 36.8 Å². The topological polar surface area (TPSA) is 159 Å². The Bertz CT molecular complexity index is 1820. The van der Waals surface area contributed by atoms with Crippen molar-refractivity contribution in [2.45, 2.75) is 90.3 Å². The molecule has 2 N–H and O–H groups in total. The average Bonchev–Trinajstić information content (AvgIpc) is 3.87. The lowest BCUT2D eigenvalue weighted by Crippen LogP contribution is -2.33. The van der Waals surface area contributed by atoms with E-state index in [1.807, 2.05) is 13.8 Å². The highest BCUT2D eigenvalue weighted by molar-refractivity contribution is 6.36. The molecule has 0 atom stereocenters. The van der Waals surface area contributed by atoms with E-state index in [0.29, 0.717) is 71.4 Å². The largest absolute Gasteiger partial charge is 0.507 e. The summed E-state index contributed by atoms with van der Waals surface area (Å²) in [6.07, 6.45) is 6.96. The summed E-state index contributed by atoms with van der Waals surface area (Å²) in [6.45, 7) is 8.30. The average molecular weight is 760 g/mol. The molecule has 12 nitrogen and oxygen atoms in total. The minimum absolute atomic E-state index is 0.00551. The summed E-state index contributed by atoms with van der Waals surface area (Å²) >= 11 is 12.7. The molecule has 0 unspecified atom stereocenters. The van der Waals surface area contributed by atoms with Gasteiger partial charge in [0.1, 0.15) is 22.6 Å². The smallest absolute Gasteiger partial charge is 0.412 e. The van der Waals surface area contributed by atoms with Crippen molar-refractivity contribution in [1.82, 2.24) is 5.32 Å². The van der Waals surface area contributed by atoms with Crippen molar-refractivity contribution in [3.05, 3.63) is 68.1 Å². The first-order valence-electron chi connectivity index (χ1n) is 17.1. The van der Waals surface area contributed by atoms with Gasteiger partial charge in [0.25, 0.3) is 0 Å². The molecule has 52 heavy (non-hydrogen) atoms. The van der Waals surface area contributed by atoms with E-state index in [2.05, 4.69) is 10.3 Å². The molecule has 280 valence electrons. The third-order valence-corrected chi connectivity index (χ3v) is 9.79. The van der Waals surface area contributed by atoms with Crippen molar-refractivity contribution in [2.75, 3.05) is 27.3 Å². The number of nitrogens with one attached hydrogen (secondary N) is 1. The van der Waals surface area contributed by atoms with Gasteiger partial charge in [-0.2, -0.15) is 0 Å². The Labute approximate surface area is 313 Å². The Balaban J connectivity index is 0.000000209. The van der Waals surface area contributed by atoms with Gasteiger partial charge in [-0.25, -0.2) is 24.2 Å². The third kappa shape index (κ3) is 8.25. The number of aliphatic imine (C=N–C) groups is 1. The van der Waals surface area contributed by atoms with E-state index in [4.69, 9.17) is 51.7 Å². The Kier molecular flexibility index (Phi) is 13.4. The van der Waals surface area contributed by atoms with Crippen molar-refractivity contribution in [2.24, 2.45) is 4.99 Å². The summed E-state index contributed by atoms with van der Waals surface area (Å²) in [5.41, 5.74) is 1.16. The van der Waals surface area contributed by atoms with Crippen LogP contribution >= 0.6 is 23.2 Å². The number of benzene rings is 2. The van der Waals surface area contributed by atoms with Crippen LogP contribution in [0.2, 0.25) is 10.0 Å². The molecule has 2 aliphatic carbocycles. The van der Waals surface area contributed by atoms with Crippen LogP contribution in [0.15, 0.2) is 40.8 Å². The predicted octanol–water partition coefficient (Wildman–Crippen LogP) is 8.12. The normalized spacial score (nSPS) is 17.8. The quantitative estimate of drug-likeness (QED) is 0.122. The van der Waals surface area contributed by atoms with Gasteiger partial charge in [0.15, 0.2) is 22.7 Å². The maximum atomic E-state index is 12.8. The molecule has 2 heterocycles. The second-order valence-electron chi connectivity index (χ2n) is 12.7. The lowest BCUT2D eigenvalue weighted by Gasteiger charge is -2.24. The number of rotatable bonds is 7. The Hall–Kier alpha value is -4.51. The van der Waals surface area contributed by atoms with E-state index in [1.54, 1.807) is 38.1 Å². The van der Waals surface area contributed by atoms with Crippen molar-refractivity contribution >= 4 is 58.5 Å². The summed E-state index contributed by atoms with van der Waals surface area (Å²) in [5, 5.41) is 13.9. The van der Waals surface area contributed by atoms with Gasteiger partial charge in [-0.1, -0.05) is 23.2 Å². The highest BCUT2D eigenvalue weighted by Crippen LogP contribution is 2.51. The fraction of sp³-hybridized carbons (Fsp3) is 0.474. The molecule has 2 aliphatic heterocycles. The van der Waals surface area contributed by atoms with E-state index < -0.39 is 29.2 Å². The molecule has 0 radical (unpaired) electrons. The highest BCUT2D eigenvalue weighted by Gasteiger charge is 2.53. The van der Waals surface area contributed by atoms with Gasteiger partial charge < -0.3 is 34.1 Å². The summed E-state index contributed by atoms with van der Waals surface area (Å²) < 4.78 is 27.6. The molecule has 2 spiro atoms. The molecular formula is C38H44Cl2N2O10. The van der Waals surface area contributed by atoms with Crippen molar-refractivity contribution in [3.8, 4) is 11.5 Å². The lowest BCUT2D eigenvalue weighted by molar-refractivity contribution is -0.147. The van der Waals surface area contributed by atoms with Gasteiger partial charge in [0.05, 0.1) is 35.4 Å². The second kappa shape index (κ2) is 17.3. The van der Waals surface area contributed by atoms with Gasteiger partial charge in [-0.15, -0.1) is 0 Å². The van der Waals surface area contributed by atoms with Gasteiger partial charge >= 0.3 is 18.0 Å². The molecule has 14 heteroatoms.